The highest BCUT2D eigenvalue weighted by molar-refractivity contribution is 9.10. The number of hydrogen-bond acceptors (Lipinski definition) is 4. The number of anilines is 1. The SMILES string of the molecule is Brc1ccc(-c2csc(NN=C(c3ccccc3)c3ccccc3)n2)cc1. The number of benzene rings is 3. The minimum absolute atomic E-state index is 0.761. The Bertz CT molecular complexity index is 1000. The largest absolute Gasteiger partial charge is 0.252 e. The second-order valence-corrected chi connectivity index (χ2v) is 7.62. The van der Waals surface area contributed by atoms with Crippen molar-refractivity contribution in [2.45, 2.75) is 0 Å². The molecule has 0 amide bonds. The Hall–Kier alpha value is -2.76. The molecule has 0 aliphatic heterocycles. The monoisotopic (exact) mass is 433 g/mol. The molecule has 0 saturated heterocycles. The molecule has 0 aliphatic rings. The first kappa shape index (κ1) is 17.6. The first-order valence-corrected chi connectivity index (χ1v) is 10.1. The maximum Gasteiger partial charge on any atom is 0.203 e. The van der Waals surface area contributed by atoms with Crippen LogP contribution < -0.4 is 5.43 Å². The standard InChI is InChI=1S/C22H16BrN3S/c23-19-13-11-16(12-14-19)20-15-27-22(24-20)26-25-21(17-7-3-1-4-8-17)18-9-5-2-6-10-18/h1-15H,(H,24,26). The Morgan fingerprint density at radius 1 is 0.815 bits per heavy atom. The zero-order chi connectivity index (χ0) is 18.5. The van der Waals surface area contributed by atoms with Gasteiger partial charge in [-0.3, -0.25) is 5.43 Å². The van der Waals surface area contributed by atoms with Gasteiger partial charge in [0.15, 0.2) is 0 Å². The van der Waals surface area contributed by atoms with Gasteiger partial charge < -0.3 is 0 Å². The number of hydrogen-bond donors (Lipinski definition) is 1. The Kier molecular flexibility index (Phi) is 5.42. The van der Waals surface area contributed by atoms with E-state index < -0.39 is 0 Å². The van der Waals surface area contributed by atoms with Crippen LogP contribution in [0, 0.1) is 0 Å². The quantitative estimate of drug-likeness (QED) is 0.290. The van der Waals surface area contributed by atoms with Gasteiger partial charge in [0.05, 0.1) is 11.4 Å². The molecule has 0 fully saturated rings. The van der Waals surface area contributed by atoms with Crippen LogP contribution in [-0.4, -0.2) is 10.7 Å². The molecule has 0 radical (unpaired) electrons. The number of aromatic nitrogens is 1. The van der Waals surface area contributed by atoms with Gasteiger partial charge in [-0.25, -0.2) is 4.98 Å². The van der Waals surface area contributed by atoms with E-state index in [1.54, 1.807) is 0 Å². The number of nitrogens with one attached hydrogen (secondary N) is 1. The molecule has 132 valence electrons. The van der Waals surface area contributed by atoms with Crippen molar-refractivity contribution < 1.29 is 0 Å². The van der Waals surface area contributed by atoms with E-state index in [1.807, 2.05) is 66.0 Å². The van der Waals surface area contributed by atoms with Gasteiger partial charge in [-0.1, -0.05) is 88.7 Å². The average molecular weight is 434 g/mol. The first-order valence-electron chi connectivity index (χ1n) is 8.45. The predicted octanol–water partition coefficient (Wildman–Crippen LogP) is 6.44. The summed E-state index contributed by atoms with van der Waals surface area (Å²) in [6, 6.07) is 28.4. The summed E-state index contributed by atoms with van der Waals surface area (Å²) in [7, 11) is 0. The zero-order valence-electron chi connectivity index (χ0n) is 14.3. The van der Waals surface area contributed by atoms with Crippen molar-refractivity contribution in [3.05, 3.63) is 106 Å². The van der Waals surface area contributed by atoms with E-state index in [0.29, 0.717) is 0 Å². The average Bonchev–Trinajstić information content (AvgIpc) is 3.19. The molecule has 3 aromatic carbocycles. The van der Waals surface area contributed by atoms with Crippen molar-refractivity contribution in [3.8, 4) is 11.3 Å². The van der Waals surface area contributed by atoms with E-state index in [0.717, 1.165) is 37.7 Å². The highest BCUT2D eigenvalue weighted by Gasteiger charge is 2.08. The van der Waals surface area contributed by atoms with E-state index in [-0.39, 0.29) is 0 Å². The van der Waals surface area contributed by atoms with Gasteiger partial charge in [-0.2, -0.15) is 5.10 Å². The number of nitrogens with zero attached hydrogens (tertiary/aromatic N) is 2. The van der Waals surface area contributed by atoms with Crippen LogP contribution in [0.4, 0.5) is 5.13 Å². The summed E-state index contributed by atoms with van der Waals surface area (Å²) in [5.74, 6) is 0. The molecule has 5 heteroatoms. The fourth-order valence-electron chi connectivity index (χ4n) is 2.67. The van der Waals surface area contributed by atoms with Crippen molar-refractivity contribution in [3.63, 3.8) is 0 Å². The van der Waals surface area contributed by atoms with E-state index >= 15 is 0 Å². The van der Waals surface area contributed by atoms with Gasteiger partial charge in [0.25, 0.3) is 0 Å². The molecule has 0 bridgehead atoms. The van der Waals surface area contributed by atoms with E-state index in [4.69, 9.17) is 0 Å². The smallest absolute Gasteiger partial charge is 0.203 e. The Balaban J connectivity index is 1.62. The molecule has 1 N–H and O–H groups in total. The topological polar surface area (TPSA) is 37.3 Å². The lowest BCUT2D eigenvalue weighted by molar-refractivity contribution is 1.27. The fraction of sp³-hybridized carbons (Fsp3) is 0. The third-order valence-corrected chi connectivity index (χ3v) is 5.28. The Morgan fingerprint density at radius 2 is 1.41 bits per heavy atom. The lowest BCUT2D eigenvalue weighted by Crippen LogP contribution is -2.06. The number of rotatable bonds is 5. The third kappa shape index (κ3) is 4.32. The lowest BCUT2D eigenvalue weighted by Gasteiger charge is -2.07. The molecule has 0 saturated carbocycles. The zero-order valence-corrected chi connectivity index (χ0v) is 16.7. The first-order chi connectivity index (χ1) is 13.3. The molecule has 4 rings (SSSR count). The van der Waals surface area contributed by atoms with Crippen LogP contribution in [-0.2, 0) is 0 Å². The van der Waals surface area contributed by atoms with Crippen molar-refractivity contribution >= 4 is 38.1 Å². The van der Waals surface area contributed by atoms with Crippen molar-refractivity contribution in [1.29, 1.82) is 0 Å². The summed E-state index contributed by atoms with van der Waals surface area (Å²) in [5, 5.41) is 7.46. The molecule has 0 spiro atoms. The maximum atomic E-state index is 4.66. The Morgan fingerprint density at radius 3 is 2.00 bits per heavy atom. The highest BCUT2D eigenvalue weighted by atomic mass is 79.9. The predicted molar refractivity (Wildman–Crippen MR) is 117 cm³/mol. The number of thiazole rings is 1. The summed E-state index contributed by atoms with van der Waals surface area (Å²) < 4.78 is 1.06. The van der Waals surface area contributed by atoms with Crippen LogP contribution in [0.5, 0.6) is 0 Å². The molecule has 27 heavy (non-hydrogen) atoms. The van der Waals surface area contributed by atoms with Crippen molar-refractivity contribution in [2.24, 2.45) is 5.10 Å². The van der Waals surface area contributed by atoms with Crippen molar-refractivity contribution in [1.82, 2.24) is 4.98 Å². The van der Waals surface area contributed by atoms with Crippen LogP contribution in [0.1, 0.15) is 11.1 Å². The molecule has 4 aromatic rings. The Labute approximate surface area is 170 Å². The minimum atomic E-state index is 0.761. The fourth-order valence-corrected chi connectivity index (χ4v) is 3.60. The molecule has 3 nitrogen and oxygen atoms in total. The van der Waals surface area contributed by atoms with Crippen molar-refractivity contribution in [2.75, 3.05) is 5.43 Å². The van der Waals surface area contributed by atoms with Gasteiger partial charge in [0.2, 0.25) is 5.13 Å². The maximum absolute atomic E-state index is 4.66. The van der Waals surface area contributed by atoms with Crippen LogP contribution in [0.25, 0.3) is 11.3 Å². The molecule has 1 heterocycles. The molecular weight excluding hydrogens is 418 g/mol. The van der Waals surface area contributed by atoms with Crippen LogP contribution >= 0.6 is 27.3 Å². The normalized spacial score (nSPS) is 10.4. The lowest BCUT2D eigenvalue weighted by atomic mass is 10.0. The summed E-state index contributed by atoms with van der Waals surface area (Å²) in [6.07, 6.45) is 0. The number of hydrazone groups is 1. The third-order valence-electron chi connectivity index (χ3n) is 4.00. The van der Waals surface area contributed by atoms with E-state index in [2.05, 4.69) is 55.7 Å². The second-order valence-electron chi connectivity index (χ2n) is 5.85. The molecule has 0 unspecified atom stereocenters. The number of halogens is 1. The highest BCUT2D eigenvalue weighted by Crippen LogP contribution is 2.26. The summed E-state index contributed by atoms with van der Waals surface area (Å²) in [4.78, 5) is 4.65. The molecule has 0 aliphatic carbocycles. The van der Waals surface area contributed by atoms with E-state index in [1.165, 1.54) is 11.3 Å². The van der Waals surface area contributed by atoms with Gasteiger partial charge in [-0.15, -0.1) is 11.3 Å². The van der Waals surface area contributed by atoms with Gasteiger partial charge in [0, 0.05) is 26.5 Å². The van der Waals surface area contributed by atoms with Crippen LogP contribution in [0.15, 0.2) is 99.9 Å². The minimum Gasteiger partial charge on any atom is -0.252 e. The summed E-state index contributed by atoms with van der Waals surface area (Å²) >= 11 is 5.00. The van der Waals surface area contributed by atoms with E-state index in [9.17, 15) is 0 Å². The van der Waals surface area contributed by atoms with Crippen LogP contribution in [0.3, 0.4) is 0 Å². The summed E-state index contributed by atoms with van der Waals surface area (Å²) in [5.41, 5.74) is 8.15. The molecule has 0 atom stereocenters. The molecular formula is C22H16BrN3S. The van der Waals surface area contributed by atoms with Gasteiger partial charge in [0.1, 0.15) is 0 Å². The molecule has 1 aromatic heterocycles. The van der Waals surface area contributed by atoms with Gasteiger partial charge in [-0.05, 0) is 12.1 Å². The van der Waals surface area contributed by atoms with Crippen LogP contribution in [0.2, 0.25) is 0 Å². The van der Waals surface area contributed by atoms with Gasteiger partial charge >= 0.3 is 0 Å². The second kappa shape index (κ2) is 8.29. The summed E-state index contributed by atoms with van der Waals surface area (Å²) in [6.45, 7) is 0.